The summed E-state index contributed by atoms with van der Waals surface area (Å²) in [7, 11) is 3.45. The molecule has 0 aromatic carbocycles. The first-order valence-electron chi connectivity index (χ1n) is 6.41. The Morgan fingerprint density at radius 1 is 1.45 bits per heavy atom. The van der Waals surface area contributed by atoms with Gasteiger partial charge in [-0.1, -0.05) is 0 Å². The molecule has 10 heteroatoms. The van der Waals surface area contributed by atoms with Gasteiger partial charge in [-0.25, -0.2) is 0 Å². The third-order valence-electron chi connectivity index (χ3n) is 3.41. The number of nitrogens with zero attached hydrogens (tertiary/aromatic N) is 4. The van der Waals surface area contributed by atoms with Crippen LogP contribution in [0.3, 0.4) is 0 Å². The topological polar surface area (TPSA) is 113 Å². The molecule has 114 valence electrons. The Morgan fingerprint density at radius 2 is 2.23 bits per heavy atom. The van der Waals surface area contributed by atoms with Crippen molar-refractivity contribution in [2.45, 2.75) is 6.54 Å². The maximum Gasteiger partial charge on any atom is 0.257 e. The Labute approximate surface area is 129 Å². The fraction of sp³-hybridized carbons (Fsp3) is 0.250. The molecule has 0 bridgehead atoms. The molecule has 9 nitrogen and oxygen atoms in total. The second-order valence-electron chi connectivity index (χ2n) is 4.75. The summed E-state index contributed by atoms with van der Waals surface area (Å²) in [6.45, 7) is 0.160. The molecule has 3 N–H and O–H groups in total. The molecule has 3 heterocycles. The Bertz CT molecular complexity index is 977. The van der Waals surface area contributed by atoms with Gasteiger partial charge in [0.05, 0.1) is 18.1 Å². The number of hydrogen-bond acceptors (Lipinski definition) is 5. The van der Waals surface area contributed by atoms with Gasteiger partial charge in [0.25, 0.3) is 5.91 Å². The quantitative estimate of drug-likeness (QED) is 0.587. The number of aromatic nitrogens is 6. The number of amides is 1. The van der Waals surface area contributed by atoms with E-state index in [1.165, 1.54) is 17.1 Å². The van der Waals surface area contributed by atoms with Crippen molar-refractivity contribution >= 4 is 29.2 Å². The molecule has 3 aromatic heterocycles. The molecule has 0 saturated carbocycles. The minimum atomic E-state index is -0.485. The smallest absolute Gasteiger partial charge is 0.257 e. The highest BCUT2D eigenvalue weighted by molar-refractivity contribution is 7.71. The number of carbonyl (C=O) groups excluding carboxylic acids is 1. The maximum absolute atomic E-state index is 12.3. The van der Waals surface area contributed by atoms with Crippen LogP contribution in [-0.2, 0) is 20.6 Å². The molecule has 0 saturated heterocycles. The summed E-state index contributed by atoms with van der Waals surface area (Å²) in [4.78, 5) is 27.4. The summed E-state index contributed by atoms with van der Waals surface area (Å²) < 4.78 is 3.64. The first-order chi connectivity index (χ1) is 10.5. The van der Waals surface area contributed by atoms with Crippen LogP contribution in [-0.4, -0.2) is 35.4 Å². The van der Waals surface area contributed by atoms with Crippen molar-refractivity contribution in [3.63, 3.8) is 0 Å². The molecule has 1 amide bonds. The molecule has 0 atom stereocenters. The fourth-order valence-electron chi connectivity index (χ4n) is 2.09. The third-order valence-corrected chi connectivity index (χ3v) is 3.77. The van der Waals surface area contributed by atoms with Gasteiger partial charge >= 0.3 is 0 Å². The van der Waals surface area contributed by atoms with Gasteiger partial charge < -0.3 is 14.9 Å². The first-order valence-corrected chi connectivity index (χ1v) is 6.81. The maximum atomic E-state index is 12.3. The molecule has 0 fully saturated rings. The standard InChI is InChI=1S/C12H13N7O2S/c1-18-8(16-17-12(18)22)5-14-11(21)7-3-13-10-6(9(7)20)4-15-19(10)2/h3-4H,5H2,1-2H3,(H,13,20)(H,14,21)(H,17,22). The van der Waals surface area contributed by atoms with Crippen molar-refractivity contribution in [1.82, 2.24) is 34.8 Å². The molecule has 0 unspecified atom stereocenters. The van der Waals surface area contributed by atoms with Crippen molar-refractivity contribution in [1.29, 1.82) is 0 Å². The van der Waals surface area contributed by atoms with Crippen LogP contribution in [0.5, 0.6) is 0 Å². The third kappa shape index (κ3) is 2.22. The lowest BCUT2D eigenvalue weighted by Gasteiger charge is -2.04. The molecular weight excluding hydrogens is 306 g/mol. The predicted molar refractivity (Wildman–Crippen MR) is 80.9 cm³/mol. The fourth-order valence-corrected chi connectivity index (χ4v) is 2.24. The monoisotopic (exact) mass is 319 g/mol. The minimum Gasteiger partial charge on any atom is -0.345 e. The van der Waals surface area contributed by atoms with Crippen molar-refractivity contribution < 1.29 is 4.79 Å². The Balaban J connectivity index is 1.86. The number of aryl methyl sites for hydroxylation is 1. The molecule has 0 aliphatic carbocycles. The van der Waals surface area contributed by atoms with Crippen molar-refractivity contribution in [3.8, 4) is 0 Å². The largest absolute Gasteiger partial charge is 0.345 e. The normalized spacial score (nSPS) is 11.0. The van der Waals surface area contributed by atoms with E-state index < -0.39 is 5.91 Å². The van der Waals surface area contributed by atoms with Crippen LogP contribution in [0.25, 0.3) is 11.0 Å². The summed E-state index contributed by atoms with van der Waals surface area (Å²) >= 11 is 4.99. The number of pyridine rings is 1. The molecule has 0 aliphatic rings. The van der Waals surface area contributed by atoms with Crippen LogP contribution < -0.4 is 10.7 Å². The summed E-state index contributed by atoms with van der Waals surface area (Å²) in [5.41, 5.74) is 0.225. The van der Waals surface area contributed by atoms with Gasteiger partial charge in [0.1, 0.15) is 11.2 Å². The van der Waals surface area contributed by atoms with Gasteiger partial charge in [-0.15, -0.1) is 0 Å². The van der Waals surface area contributed by atoms with E-state index in [-0.39, 0.29) is 17.5 Å². The van der Waals surface area contributed by atoms with Crippen molar-refractivity contribution in [2.75, 3.05) is 0 Å². The van der Waals surface area contributed by atoms with Crippen molar-refractivity contribution in [2.24, 2.45) is 14.1 Å². The summed E-state index contributed by atoms with van der Waals surface area (Å²) in [6.07, 6.45) is 2.81. The molecule has 0 aliphatic heterocycles. The van der Waals surface area contributed by atoms with Gasteiger partial charge in [-0.05, 0) is 12.2 Å². The molecule has 0 radical (unpaired) electrons. The number of rotatable bonds is 3. The Hall–Kier alpha value is -2.75. The summed E-state index contributed by atoms with van der Waals surface area (Å²) in [5, 5.41) is 13.6. The zero-order chi connectivity index (χ0) is 15.9. The van der Waals surface area contributed by atoms with Crippen molar-refractivity contribution in [3.05, 3.63) is 38.8 Å². The Morgan fingerprint density at radius 3 is 2.91 bits per heavy atom. The minimum absolute atomic E-state index is 0.0253. The van der Waals surface area contributed by atoms with E-state index in [1.54, 1.807) is 18.7 Å². The van der Waals surface area contributed by atoms with Gasteiger partial charge in [0.2, 0.25) is 5.43 Å². The van der Waals surface area contributed by atoms with E-state index in [1.807, 2.05) is 0 Å². The molecule has 22 heavy (non-hydrogen) atoms. The van der Waals surface area contributed by atoms with Gasteiger partial charge in [0.15, 0.2) is 10.6 Å². The van der Waals surface area contributed by atoms with Gasteiger partial charge in [0, 0.05) is 20.3 Å². The molecule has 0 spiro atoms. The van der Waals surface area contributed by atoms with E-state index in [2.05, 4.69) is 25.6 Å². The van der Waals surface area contributed by atoms with Gasteiger partial charge in [-0.2, -0.15) is 10.2 Å². The SMILES string of the molecule is Cn1c(CNC(=O)c2c[nH]c3c(cnn3C)c2=O)n[nH]c1=S. The number of fused-ring (bicyclic) bond motifs is 1. The van der Waals surface area contributed by atoms with E-state index in [9.17, 15) is 9.59 Å². The number of hydrogen-bond donors (Lipinski definition) is 3. The van der Waals surface area contributed by atoms with Crippen LogP contribution in [0.4, 0.5) is 0 Å². The van der Waals surface area contributed by atoms with E-state index in [0.717, 1.165) is 0 Å². The lowest BCUT2D eigenvalue weighted by atomic mass is 10.2. The van der Waals surface area contributed by atoms with Crippen LogP contribution in [0.2, 0.25) is 0 Å². The highest BCUT2D eigenvalue weighted by Crippen LogP contribution is 2.06. The average molecular weight is 319 g/mol. The van der Waals surface area contributed by atoms with E-state index >= 15 is 0 Å². The second-order valence-corrected chi connectivity index (χ2v) is 5.14. The molecule has 3 rings (SSSR count). The average Bonchev–Trinajstić information content (AvgIpc) is 3.03. The lowest BCUT2D eigenvalue weighted by molar-refractivity contribution is 0.0948. The first kappa shape index (κ1) is 14.2. The summed E-state index contributed by atoms with van der Waals surface area (Å²) in [6, 6.07) is 0. The second kappa shape index (κ2) is 5.22. The van der Waals surface area contributed by atoms with Crippen LogP contribution in [0, 0.1) is 4.77 Å². The Kier molecular flexibility index (Phi) is 3.37. The van der Waals surface area contributed by atoms with Gasteiger partial charge in [-0.3, -0.25) is 19.4 Å². The number of carbonyl (C=O) groups is 1. The zero-order valence-electron chi connectivity index (χ0n) is 11.9. The summed E-state index contributed by atoms with van der Waals surface area (Å²) in [5.74, 6) is 0.0816. The predicted octanol–water partition coefficient (Wildman–Crippen LogP) is -0.0173. The highest BCUT2D eigenvalue weighted by Gasteiger charge is 2.15. The van der Waals surface area contributed by atoms with Crippen LogP contribution >= 0.6 is 12.2 Å². The molecule has 3 aromatic rings. The highest BCUT2D eigenvalue weighted by atomic mass is 32.1. The van der Waals surface area contributed by atoms with Crippen LogP contribution in [0.1, 0.15) is 16.2 Å². The number of aromatic amines is 2. The van der Waals surface area contributed by atoms with Crippen LogP contribution in [0.15, 0.2) is 17.2 Å². The lowest BCUT2D eigenvalue weighted by Crippen LogP contribution is -2.29. The van der Waals surface area contributed by atoms with E-state index in [0.29, 0.717) is 21.6 Å². The number of nitrogens with one attached hydrogen (secondary N) is 3. The van der Waals surface area contributed by atoms with E-state index in [4.69, 9.17) is 12.2 Å². The molecular formula is C12H13N7O2S. The number of H-pyrrole nitrogens is 2. The zero-order valence-corrected chi connectivity index (χ0v) is 12.7.